The van der Waals surface area contributed by atoms with E-state index < -0.39 is 5.60 Å². The maximum atomic E-state index is 12.7. The summed E-state index contributed by atoms with van der Waals surface area (Å²) in [5, 5.41) is 7.15. The Hall–Kier alpha value is -3.36. The summed E-state index contributed by atoms with van der Waals surface area (Å²) in [6, 6.07) is 6.09. The van der Waals surface area contributed by atoms with Gasteiger partial charge in [-0.25, -0.2) is 9.78 Å². The van der Waals surface area contributed by atoms with Crippen molar-refractivity contribution >= 4 is 23.0 Å². The third-order valence-electron chi connectivity index (χ3n) is 6.53. The molecule has 2 saturated heterocycles. The highest BCUT2D eigenvalue weighted by molar-refractivity contribution is 5.84. The van der Waals surface area contributed by atoms with Crippen LogP contribution in [0, 0.1) is 13.8 Å². The zero-order valence-electron chi connectivity index (χ0n) is 20.3. The van der Waals surface area contributed by atoms with Gasteiger partial charge in [-0.2, -0.15) is 0 Å². The van der Waals surface area contributed by atoms with Gasteiger partial charge in [0.2, 0.25) is 5.91 Å². The minimum atomic E-state index is -0.537. The van der Waals surface area contributed by atoms with Crippen LogP contribution in [0.15, 0.2) is 22.7 Å². The van der Waals surface area contributed by atoms with Crippen LogP contribution in [-0.2, 0) is 9.53 Å². The molecule has 0 aliphatic carbocycles. The molecule has 2 amide bonds. The first-order valence-corrected chi connectivity index (χ1v) is 11.8. The van der Waals surface area contributed by atoms with Crippen LogP contribution < -0.4 is 5.32 Å². The second-order valence-electron chi connectivity index (χ2n) is 10.3. The number of likely N-dealkylation sites (tertiary alicyclic amines) is 1. The Labute approximate surface area is 198 Å². The molecule has 2 fully saturated rings. The second kappa shape index (κ2) is 8.14. The minimum Gasteiger partial charge on any atom is -0.444 e. The highest BCUT2D eigenvalue weighted by Crippen LogP contribution is 2.36. The van der Waals surface area contributed by atoms with Gasteiger partial charge in [0.15, 0.2) is 0 Å². The summed E-state index contributed by atoms with van der Waals surface area (Å²) >= 11 is 0. The van der Waals surface area contributed by atoms with E-state index in [0.717, 1.165) is 45.9 Å². The van der Waals surface area contributed by atoms with Gasteiger partial charge in [0, 0.05) is 25.1 Å². The molecule has 2 aliphatic heterocycles. The molecule has 2 aromatic heterocycles. The van der Waals surface area contributed by atoms with E-state index >= 15 is 0 Å². The molecule has 2 unspecified atom stereocenters. The molecule has 0 spiro atoms. The van der Waals surface area contributed by atoms with E-state index in [4.69, 9.17) is 14.2 Å². The number of ether oxygens (including phenoxy) is 1. The van der Waals surface area contributed by atoms with E-state index in [9.17, 15) is 9.59 Å². The largest absolute Gasteiger partial charge is 0.444 e. The summed E-state index contributed by atoms with van der Waals surface area (Å²) < 4.78 is 13.2. The molecule has 5 rings (SSSR count). The Bertz CT molecular complexity index is 1250. The number of hydrogen-bond donors (Lipinski definition) is 1. The van der Waals surface area contributed by atoms with Crippen LogP contribution in [0.1, 0.15) is 69.4 Å². The van der Waals surface area contributed by atoms with E-state index in [1.807, 2.05) is 34.6 Å². The molecule has 1 aromatic carbocycles. The quantitative estimate of drug-likeness (QED) is 0.613. The van der Waals surface area contributed by atoms with Crippen molar-refractivity contribution in [3.05, 3.63) is 35.5 Å². The summed E-state index contributed by atoms with van der Waals surface area (Å²) in [5.41, 5.74) is 4.11. The minimum absolute atomic E-state index is 0.0434. The predicted octanol–water partition coefficient (Wildman–Crippen LogP) is 4.44. The van der Waals surface area contributed by atoms with Crippen LogP contribution in [0.25, 0.3) is 22.2 Å². The first kappa shape index (κ1) is 22.4. The average molecular weight is 466 g/mol. The molecule has 0 radical (unpaired) electrons. The molecular weight excluding hydrogens is 434 g/mol. The van der Waals surface area contributed by atoms with Crippen molar-refractivity contribution in [2.45, 2.75) is 71.6 Å². The number of rotatable bonds is 3. The third-order valence-corrected chi connectivity index (χ3v) is 6.53. The van der Waals surface area contributed by atoms with Crippen LogP contribution in [0.5, 0.6) is 0 Å². The summed E-state index contributed by atoms with van der Waals surface area (Å²) in [6.45, 7) is 10.6. The van der Waals surface area contributed by atoms with Crippen molar-refractivity contribution < 1.29 is 18.8 Å². The number of hydrogen-bond acceptors (Lipinski definition) is 6. The molecule has 1 N–H and O–H groups in total. The summed E-state index contributed by atoms with van der Waals surface area (Å²) in [6.07, 6.45) is 1.70. The van der Waals surface area contributed by atoms with Gasteiger partial charge in [-0.3, -0.25) is 4.79 Å². The van der Waals surface area contributed by atoms with E-state index in [-0.39, 0.29) is 24.1 Å². The zero-order valence-corrected chi connectivity index (χ0v) is 20.3. The molecule has 180 valence electrons. The maximum absolute atomic E-state index is 12.7. The van der Waals surface area contributed by atoms with Gasteiger partial charge in [0.05, 0.1) is 28.8 Å². The standard InChI is InChI=1S/C25H31N5O4/c1-14-22(15(2)34-28-14)16-6-8-20-19(12-16)27-23(18-7-9-21(31)26-18)30(20)17-10-11-29(13-17)24(32)33-25(3,4)5/h6,8,12,17-18H,7,9-11,13H2,1-5H3,(H,26,31). The fraction of sp³-hybridized carbons (Fsp3) is 0.520. The molecule has 0 saturated carbocycles. The van der Waals surface area contributed by atoms with Crippen molar-refractivity contribution in [2.24, 2.45) is 0 Å². The molecule has 2 atom stereocenters. The monoisotopic (exact) mass is 465 g/mol. The lowest BCUT2D eigenvalue weighted by molar-refractivity contribution is -0.119. The van der Waals surface area contributed by atoms with Crippen molar-refractivity contribution in [1.29, 1.82) is 0 Å². The lowest BCUT2D eigenvalue weighted by atomic mass is 10.0. The zero-order chi connectivity index (χ0) is 24.2. The summed E-state index contributed by atoms with van der Waals surface area (Å²) in [7, 11) is 0. The SMILES string of the molecule is Cc1noc(C)c1-c1ccc2c(c1)nc(C1CCC(=O)N1)n2C1CCN(C(=O)OC(C)(C)C)C1. The van der Waals surface area contributed by atoms with Crippen molar-refractivity contribution in [2.75, 3.05) is 13.1 Å². The fourth-order valence-electron chi connectivity index (χ4n) is 5.05. The maximum Gasteiger partial charge on any atom is 0.410 e. The van der Waals surface area contributed by atoms with Gasteiger partial charge in [0.1, 0.15) is 17.2 Å². The van der Waals surface area contributed by atoms with Crippen LogP contribution >= 0.6 is 0 Å². The molecule has 0 bridgehead atoms. The van der Waals surface area contributed by atoms with Crippen LogP contribution in [0.4, 0.5) is 4.79 Å². The number of aromatic nitrogens is 3. The first-order chi connectivity index (χ1) is 16.1. The van der Waals surface area contributed by atoms with Crippen molar-refractivity contribution in [3.63, 3.8) is 0 Å². The molecule has 9 heteroatoms. The second-order valence-corrected chi connectivity index (χ2v) is 10.3. The number of aryl methyl sites for hydroxylation is 2. The average Bonchev–Trinajstić information content (AvgIpc) is 3.52. The van der Waals surface area contributed by atoms with E-state index in [0.29, 0.717) is 25.9 Å². The van der Waals surface area contributed by atoms with Crippen molar-refractivity contribution in [1.82, 2.24) is 24.9 Å². The molecule has 4 heterocycles. The molecular formula is C25H31N5O4. The highest BCUT2D eigenvalue weighted by atomic mass is 16.6. The van der Waals surface area contributed by atoms with Gasteiger partial charge in [0.25, 0.3) is 0 Å². The number of amides is 2. The van der Waals surface area contributed by atoms with Crippen LogP contribution in [0.2, 0.25) is 0 Å². The fourth-order valence-corrected chi connectivity index (χ4v) is 5.05. The lowest BCUT2D eigenvalue weighted by Crippen LogP contribution is -2.35. The molecule has 34 heavy (non-hydrogen) atoms. The number of nitrogens with zero attached hydrogens (tertiary/aromatic N) is 4. The van der Waals surface area contributed by atoms with Gasteiger partial charge in [-0.05, 0) is 65.2 Å². The topological polar surface area (TPSA) is 102 Å². The first-order valence-electron chi connectivity index (χ1n) is 11.8. The number of carbonyl (C=O) groups excluding carboxylic acids is 2. The van der Waals surface area contributed by atoms with E-state index in [2.05, 4.69) is 33.2 Å². The molecule has 3 aromatic rings. The summed E-state index contributed by atoms with van der Waals surface area (Å²) in [5.74, 6) is 1.65. The van der Waals surface area contributed by atoms with E-state index in [1.165, 1.54) is 0 Å². The Morgan fingerprint density at radius 3 is 2.68 bits per heavy atom. The molecule has 9 nitrogen and oxygen atoms in total. The number of benzene rings is 1. The number of fused-ring (bicyclic) bond motifs is 1. The number of carbonyl (C=O) groups is 2. The Kier molecular flexibility index (Phi) is 5.37. The van der Waals surface area contributed by atoms with Gasteiger partial charge < -0.3 is 24.0 Å². The predicted molar refractivity (Wildman–Crippen MR) is 126 cm³/mol. The summed E-state index contributed by atoms with van der Waals surface area (Å²) in [4.78, 5) is 31.4. The number of imidazole rings is 1. The Morgan fingerprint density at radius 1 is 1.24 bits per heavy atom. The normalized spacial score (nSPS) is 20.9. The van der Waals surface area contributed by atoms with Crippen LogP contribution in [0.3, 0.4) is 0 Å². The van der Waals surface area contributed by atoms with Crippen molar-refractivity contribution in [3.8, 4) is 11.1 Å². The van der Waals surface area contributed by atoms with Gasteiger partial charge in [-0.15, -0.1) is 0 Å². The lowest BCUT2D eigenvalue weighted by Gasteiger charge is -2.25. The Morgan fingerprint density at radius 2 is 2.03 bits per heavy atom. The number of nitrogens with one attached hydrogen (secondary N) is 1. The van der Waals surface area contributed by atoms with Gasteiger partial charge >= 0.3 is 6.09 Å². The third kappa shape index (κ3) is 4.03. The van der Waals surface area contributed by atoms with Crippen LogP contribution in [-0.4, -0.2) is 50.3 Å². The highest BCUT2D eigenvalue weighted by Gasteiger charge is 2.35. The van der Waals surface area contributed by atoms with E-state index in [1.54, 1.807) is 4.90 Å². The van der Waals surface area contributed by atoms with Gasteiger partial charge in [-0.1, -0.05) is 11.2 Å². The Balaban J connectivity index is 1.53. The smallest absolute Gasteiger partial charge is 0.410 e. The molecule has 2 aliphatic rings.